The zero-order valence-electron chi connectivity index (χ0n) is 14.7. The number of hydrogen-bond acceptors (Lipinski definition) is 4. The molecular formula is C19H22N4O2. The van der Waals surface area contributed by atoms with Gasteiger partial charge in [-0.1, -0.05) is 12.1 Å². The maximum absolute atomic E-state index is 12.4. The number of benzene rings is 1. The van der Waals surface area contributed by atoms with Gasteiger partial charge in [-0.2, -0.15) is 5.10 Å². The fourth-order valence-corrected chi connectivity index (χ4v) is 2.98. The van der Waals surface area contributed by atoms with Crippen molar-refractivity contribution in [2.75, 3.05) is 0 Å². The molecule has 1 aromatic carbocycles. The Kier molecular flexibility index (Phi) is 3.63. The Morgan fingerprint density at radius 1 is 1.32 bits per heavy atom. The molecular weight excluding hydrogens is 316 g/mol. The number of nitrogens with zero attached hydrogens (tertiary/aromatic N) is 3. The number of carbonyl (C=O) groups excluding carboxylic acids is 1. The first-order valence-electron chi connectivity index (χ1n) is 8.63. The van der Waals surface area contributed by atoms with Crippen LogP contribution in [0.4, 0.5) is 0 Å². The molecule has 1 aliphatic carbocycles. The van der Waals surface area contributed by atoms with E-state index < -0.39 is 5.97 Å². The number of H-pyrrole nitrogens is 1. The van der Waals surface area contributed by atoms with Crippen molar-refractivity contribution in [2.24, 2.45) is 0 Å². The fourth-order valence-electron chi connectivity index (χ4n) is 2.98. The van der Waals surface area contributed by atoms with Gasteiger partial charge in [0.05, 0.1) is 16.6 Å². The number of aromatic amines is 1. The highest BCUT2D eigenvalue weighted by Crippen LogP contribution is 2.41. The van der Waals surface area contributed by atoms with E-state index in [9.17, 15) is 4.79 Å². The largest absolute Gasteiger partial charge is 0.453 e. The molecule has 1 saturated carbocycles. The molecule has 25 heavy (non-hydrogen) atoms. The zero-order valence-corrected chi connectivity index (χ0v) is 14.7. The Balaban J connectivity index is 1.51. The second-order valence-electron chi connectivity index (χ2n) is 7.59. The lowest BCUT2D eigenvalue weighted by atomic mass is 10.1. The SMILES string of the molecule is CC(C)(C)n1nc(C(=O)OCc2nc3ccccc3[nH]2)cc1C1CC1. The molecule has 0 atom stereocenters. The van der Waals surface area contributed by atoms with E-state index in [4.69, 9.17) is 4.74 Å². The smallest absolute Gasteiger partial charge is 0.359 e. The van der Waals surface area contributed by atoms with Crippen LogP contribution in [0.15, 0.2) is 30.3 Å². The number of nitrogens with one attached hydrogen (secondary N) is 1. The molecule has 1 N–H and O–H groups in total. The summed E-state index contributed by atoms with van der Waals surface area (Å²) in [5.74, 6) is 0.737. The van der Waals surface area contributed by atoms with E-state index >= 15 is 0 Å². The van der Waals surface area contributed by atoms with Crippen molar-refractivity contribution < 1.29 is 9.53 Å². The van der Waals surface area contributed by atoms with Crippen LogP contribution in [0.3, 0.4) is 0 Å². The number of rotatable bonds is 4. The molecule has 0 aliphatic heterocycles. The maximum atomic E-state index is 12.4. The highest BCUT2D eigenvalue weighted by Gasteiger charge is 2.32. The molecule has 0 bridgehead atoms. The van der Waals surface area contributed by atoms with Gasteiger partial charge in [-0.15, -0.1) is 0 Å². The van der Waals surface area contributed by atoms with Crippen molar-refractivity contribution in [3.8, 4) is 0 Å². The number of ether oxygens (including phenoxy) is 1. The van der Waals surface area contributed by atoms with Crippen LogP contribution < -0.4 is 0 Å². The second-order valence-corrected chi connectivity index (χ2v) is 7.59. The van der Waals surface area contributed by atoms with Crippen molar-refractivity contribution in [3.05, 3.63) is 47.5 Å². The highest BCUT2D eigenvalue weighted by molar-refractivity contribution is 5.87. The normalized spacial score (nSPS) is 14.8. The molecule has 2 heterocycles. The van der Waals surface area contributed by atoms with Crippen molar-refractivity contribution in [3.63, 3.8) is 0 Å². The Hall–Kier alpha value is -2.63. The lowest BCUT2D eigenvalue weighted by Gasteiger charge is -2.22. The average molecular weight is 338 g/mol. The van der Waals surface area contributed by atoms with Crippen LogP contribution in [0, 0.1) is 0 Å². The maximum Gasteiger partial charge on any atom is 0.359 e. The zero-order chi connectivity index (χ0) is 17.6. The van der Waals surface area contributed by atoms with Gasteiger partial charge >= 0.3 is 5.97 Å². The van der Waals surface area contributed by atoms with Crippen molar-refractivity contribution in [2.45, 2.75) is 51.7 Å². The second kappa shape index (κ2) is 5.72. The number of aromatic nitrogens is 4. The highest BCUT2D eigenvalue weighted by atomic mass is 16.5. The molecule has 6 nitrogen and oxygen atoms in total. The number of para-hydroxylation sites is 2. The molecule has 0 unspecified atom stereocenters. The summed E-state index contributed by atoms with van der Waals surface area (Å²) >= 11 is 0. The summed E-state index contributed by atoms with van der Waals surface area (Å²) in [6.07, 6.45) is 2.32. The van der Waals surface area contributed by atoms with Crippen LogP contribution in [0.2, 0.25) is 0 Å². The molecule has 4 rings (SSSR count). The minimum absolute atomic E-state index is 0.106. The summed E-state index contributed by atoms with van der Waals surface area (Å²) in [5, 5.41) is 4.51. The fraction of sp³-hybridized carbons (Fsp3) is 0.421. The summed E-state index contributed by atoms with van der Waals surface area (Å²) in [4.78, 5) is 20.0. The van der Waals surface area contributed by atoms with Crippen LogP contribution in [-0.2, 0) is 16.9 Å². The van der Waals surface area contributed by atoms with Crippen LogP contribution in [-0.4, -0.2) is 25.7 Å². The third-order valence-electron chi connectivity index (χ3n) is 4.36. The standard InChI is InChI=1S/C19H22N4O2/c1-19(2,3)23-16(12-8-9-12)10-15(22-23)18(24)25-11-17-20-13-6-4-5-7-14(13)21-17/h4-7,10,12H,8-9,11H2,1-3H3,(H,20,21). The van der Waals surface area contributed by atoms with Crippen molar-refractivity contribution in [1.29, 1.82) is 0 Å². The molecule has 0 spiro atoms. The van der Waals surface area contributed by atoms with E-state index in [2.05, 4.69) is 35.8 Å². The van der Waals surface area contributed by atoms with E-state index in [0.717, 1.165) is 29.6 Å². The minimum atomic E-state index is -0.412. The van der Waals surface area contributed by atoms with E-state index in [0.29, 0.717) is 17.4 Å². The summed E-state index contributed by atoms with van der Waals surface area (Å²) in [5.41, 5.74) is 3.13. The van der Waals surface area contributed by atoms with Gasteiger partial charge in [-0.05, 0) is 51.8 Å². The van der Waals surface area contributed by atoms with Crippen molar-refractivity contribution >= 4 is 17.0 Å². The summed E-state index contributed by atoms with van der Waals surface area (Å²) in [7, 11) is 0. The molecule has 130 valence electrons. The van der Waals surface area contributed by atoms with Gasteiger partial charge in [0.25, 0.3) is 0 Å². The van der Waals surface area contributed by atoms with Gasteiger partial charge in [-0.3, -0.25) is 4.68 Å². The lowest BCUT2D eigenvalue weighted by Crippen LogP contribution is -2.25. The minimum Gasteiger partial charge on any atom is -0.453 e. The van der Waals surface area contributed by atoms with Gasteiger partial charge in [0.1, 0.15) is 12.4 Å². The van der Waals surface area contributed by atoms with E-state index in [-0.39, 0.29) is 12.1 Å². The summed E-state index contributed by atoms with van der Waals surface area (Å²) in [6.45, 7) is 6.38. The molecule has 0 amide bonds. The molecule has 2 aromatic heterocycles. The Morgan fingerprint density at radius 3 is 2.76 bits per heavy atom. The number of imidazole rings is 1. The van der Waals surface area contributed by atoms with Crippen LogP contribution in [0.25, 0.3) is 11.0 Å². The number of esters is 1. The third-order valence-corrected chi connectivity index (χ3v) is 4.36. The van der Waals surface area contributed by atoms with Gasteiger partial charge in [0, 0.05) is 11.6 Å². The van der Waals surface area contributed by atoms with Gasteiger partial charge in [0.2, 0.25) is 0 Å². The average Bonchev–Trinajstić information content (AvgIpc) is 3.16. The molecule has 6 heteroatoms. The van der Waals surface area contributed by atoms with Gasteiger partial charge < -0.3 is 9.72 Å². The molecule has 0 radical (unpaired) electrons. The predicted octanol–water partition coefficient (Wildman–Crippen LogP) is 3.75. The van der Waals surface area contributed by atoms with Crippen LogP contribution in [0.1, 0.15) is 61.5 Å². The molecule has 1 aliphatic rings. The Bertz CT molecular complexity index is 895. The Labute approximate surface area is 146 Å². The van der Waals surface area contributed by atoms with Crippen LogP contribution in [0.5, 0.6) is 0 Å². The van der Waals surface area contributed by atoms with Gasteiger partial charge in [-0.25, -0.2) is 9.78 Å². The summed E-state index contributed by atoms with van der Waals surface area (Å²) < 4.78 is 7.38. The van der Waals surface area contributed by atoms with Crippen molar-refractivity contribution in [1.82, 2.24) is 19.7 Å². The molecule has 3 aromatic rings. The third kappa shape index (κ3) is 3.16. The van der Waals surface area contributed by atoms with E-state index in [1.165, 1.54) is 0 Å². The van der Waals surface area contributed by atoms with E-state index in [1.807, 2.05) is 35.0 Å². The first kappa shape index (κ1) is 15.9. The van der Waals surface area contributed by atoms with E-state index in [1.54, 1.807) is 0 Å². The Morgan fingerprint density at radius 2 is 2.08 bits per heavy atom. The first-order valence-corrected chi connectivity index (χ1v) is 8.63. The van der Waals surface area contributed by atoms with Crippen LogP contribution >= 0.6 is 0 Å². The number of hydrogen-bond donors (Lipinski definition) is 1. The van der Waals surface area contributed by atoms with Gasteiger partial charge in [0.15, 0.2) is 5.69 Å². The molecule has 0 saturated heterocycles. The monoisotopic (exact) mass is 338 g/mol. The summed E-state index contributed by atoms with van der Waals surface area (Å²) in [6, 6.07) is 9.61. The predicted molar refractivity (Wildman–Crippen MR) is 94.4 cm³/mol. The number of carbonyl (C=O) groups is 1. The lowest BCUT2D eigenvalue weighted by molar-refractivity contribution is 0.0454. The number of fused-ring (bicyclic) bond motifs is 1. The quantitative estimate of drug-likeness (QED) is 0.735. The first-order chi connectivity index (χ1) is 11.9. The topological polar surface area (TPSA) is 72.8 Å². The molecule has 1 fully saturated rings.